The van der Waals surface area contributed by atoms with Crippen LogP contribution in [0.15, 0.2) is 41.7 Å². The van der Waals surface area contributed by atoms with Crippen molar-refractivity contribution in [3.8, 4) is 11.6 Å². The molecule has 0 fully saturated rings. The highest BCUT2D eigenvalue weighted by Gasteiger charge is 2.16. The van der Waals surface area contributed by atoms with E-state index in [1.54, 1.807) is 11.8 Å². The molecule has 6 heteroatoms. The van der Waals surface area contributed by atoms with Crippen molar-refractivity contribution in [2.24, 2.45) is 0 Å². The van der Waals surface area contributed by atoms with E-state index >= 15 is 0 Å². The van der Waals surface area contributed by atoms with E-state index in [-0.39, 0.29) is 11.4 Å². The van der Waals surface area contributed by atoms with Gasteiger partial charge in [-0.15, -0.1) is 11.8 Å². The first-order chi connectivity index (χ1) is 9.26. The second-order valence-electron chi connectivity index (χ2n) is 3.49. The average Bonchev–Trinajstić information content (AvgIpc) is 2.47. The van der Waals surface area contributed by atoms with Gasteiger partial charge in [0.1, 0.15) is 17.6 Å². The Labute approximate surface area is 115 Å². The lowest BCUT2D eigenvalue weighted by Gasteiger charge is -2.10. The molecule has 1 heterocycles. The van der Waals surface area contributed by atoms with Crippen molar-refractivity contribution in [3.05, 3.63) is 42.4 Å². The van der Waals surface area contributed by atoms with E-state index in [9.17, 15) is 4.79 Å². The summed E-state index contributed by atoms with van der Waals surface area (Å²) in [5.74, 6) is 0.291. The molecule has 19 heavy (non-hydrogen) atoms. The lowest BCUT2D eigenvalue weighted by atomic mass is 10.3. The maximum atomic E-state index is 11.6. The molecule has 2 rings (SSSR count). The number of carbonyl (C=O) groups is 1. The Bertz CT molecular complexity index is 590. The normalized spacial score (nSPS) is 10.0. The number of para-hydroxylation sites is 1. The second-order valence-corrected chi connectivity index (χ2v) is 4.33. The number of rotatable bonds is 4. The molecule has 0 aliphatic carbocycles. The highest BCUT2D eigenvalue weighted by atomic mass is 32.2. The molecule has 0 bridgehead atoms. The van der Waals surface area contributed by atoms with Gasteiger partial charge in [-0.1, -0.05) is 12.1 Å². The number of carbonyl (C=O) groups excluding carboxylic acids is 1. The predicted octanol–water partition coefficient (Wildman–Crippen LogP) is 2.78. The van der Waals surface area contributed by atoms with Crippen LogP contribution in [0.25, 0.3) is 0 Å². The Morgan fingerprint density at radius 3 is 2.84 bits per heavy atom. The molecule has 1 aromatic heterocycles. The number of benzene rings is 1. The van der Waals surface area contributed by atoms with Crippen LogP contribution in [0.4, 0.5) is 0 Å². The van der Waals surface area contributed by atoms with Crippen molar-refractivity contribution >= 4 is 17.7 Å². The second kappa shape index (κ2) is 6.19. The summed E-state index contributed by atoms with van der Waals surface area (Å²) < 4.78 is 10.3. The molecular formula is C13H12N2O3S. The molecule has 0 aliphatic rings. The summed E-state index contributed by atoms with van der Waals surface area (Å²) in [6.07, 6.45) is 4.64. The number of esters is 1. The van der Waals surface area contributed by atoms with Crippen molar-refractivity contribution in [2.75, 3.05) is 13.4 Å². The maximum absolute atomic E-state index is 11.6. The third-order valence-corrected chi connectivity index (χ3v) is 3.13. The van der Waals surface area contributed by atoms with Crippen LogP contribution in [0, 0.1) is 0 Å². The van der Waals surface area contributed by atoms with Crippen LogP contribution in [0.5, 0.6) is 11.6 Å². The predicted molar refractivity (Wildman–Crippen MR) is 71.7 cm³/mol. The number of hydrogen-bond acceptors (Lipinski definition) is 6. The third kappa shape index (κ3) is 3.03. The van der Waals surface area contributed by atoms with Gasteiger partial charge in [0.15, 0.2) is 0 Å². The van der Waals surface area contributed by atoms with Gasteiger partial charge in [0.05, 0.1) is 7.11 Å². The molecule has 0 unspecified atom stereocenters. The summed E-state index contributed by atoms with van der Waals surface area (Å²) in [5.41, 5.74) is 0.195. The van der Waals surface area contributed by atoms with Gasteiger partial charge in [-0.05, 0) is 18.4 Å². The zero-order valence-corrected chi connectivity index (χ0v) is 11.3. The number of ether oxygens (including phenoxy) is 2. The molecule has 98 valence electrons. The Kier molecular flexibility index (Phi) is 4.35. The summed E-state index contributed by atoms with van der Waals surface area (Å²) in [5, 5.41) is 0. The zero-order valence-electron chi connectivity index (χ0n) is 10.5. The molecule has 0 atom stereocenters. The van der Waals surface area contributed by atoms with E-state index in [0.717, 1.165) is 4.90 Å². The summed E-state index contributed by atoms with van der Waals surface area (Å²) >= 11 is 1.55. The van der Waals surface area contributed by atoms with Crippen LogP contribution in [-0.2, 0) is 4.74 Å². The van der Waals surface area contributed by atoms with Gasteiger partial charge in [-0.3, -0.25) is 0 Å². The van der Waals surface area contributed by atoms with E-state index in [1.807, 2.05) is 30.5 Å². The Morgan fingerprint density at radius 1 is 1.32 bits per heavy atom. The van der Waals surface area contributed by atoms with E-state index in [4.69, 9.17) is 4.74 Å². The Balaban J connectivity index is 2.36. The van der Waals surface area contributed by atoms with Gasteiger partial charge >= 0.3 is 5.97 Å². The van der Waals surface area contributed by atoms with Crippen molar-refractivity contribution in [3.63, 3.8) is 0 Å². The molecule has 1 aromatic carbocycles. The molecular weight excluding hydrogens is 264 g/mol. The number of methoxy groups -OCH3 is 1. The van der Waals surface area contributed by atoms with E-state index in [1.165, 1.54) is 19.6 Å². The topological polar surface area (TPSA) is 61.3 Å². The van der Waals surface area contributed by atoms with Gasteiger partial charge in [-0.25, -0.2) is 14.8 Å². The van der Waals surface area contributed by atoms with Gasteiger partial charge in [0.2, 0.25) is 5.88 Å². The largest absolute Gasteiger partial charge is 0.465 e. The minimum Gasteiger partial charge on any atom is -0.465 e. The fourth-order valence-corrected chi connectivity index (χ4v) is 1.98. The number of hydrogen-bond donors (Lipinski definition) is 0. The van der Waals surface area contributed by atoms with Crippen LogP contribution >= 0.6 is 11.8 Å². The molecule has 0 N–H and O–H groups in total. The van der Waals surface area contributed by atoms with E-state index in [2.05, 4.69) is 14.7 Å². The van der Waals surface area contributed by atoms with Crippen LogP contribution in [0.2, 0.25) is 0 Å². The fourth-order valence-electron chi connectivity index (χ4n) is 1.46. The highest BCUT2D eigenvalue weighted by molar-refractivity contribution is 7.98. The van der Waals surface area contributed by atoms with Gasteiger partial charge in [0, 0.05) is 11.1 Å². The molecule has 0 saturated carbocycles. The summed E-state index contributed by atoms with van der Waals surface area (Å²) in [7, 11) is 1.30. The van der Waals surface area contributed by atoms with Crippen LogP contribution in [0.1, 0.15) is 10.4 Å². The van der Waals surface area contributed by atoms with Crippen molar-refractivity contribution in [1.29, 1.82) is 0 Å². The molecule has 0 spiro atoms. The average molecular weight is 276 g/mol. The van der Waals surface area contributed by atoms with Crippen molar-refractivity contribution in [2.45, 2.75) is 4.90 Å². The smallest absolute Gasteiger partial charge is 0.345 e. The summed E-state index contributed by atoms with van der Waals surface area (Å²) in [4.78, 5) is 20.3. The number of thioether (sulfide) groups is 1. The Hall–Kier alpha value is -2.08. The van der Waals surface area contributed by atoms with Crippen molar-refractivity contribution in [1.82, 2.24) is 9.97 Å². The maximum Gasteiger partial charge on any atom is 0.345 e. The monoisotopic (exact) mass is 276 g/mol. The summed E-state index contributed by atoms with van der Waals surface area (Å²) in [6.45, 7) is 0. The minimum atomic E-state index is -0.530. The fraction of sp³-hybridized carbons (Fsp3) is 0.154. The lowest BCUT2D eigenvalue weighted by Crippen LogP contribution is -2.06. The Morgan fingerprint density at radius 2 is 2.11 bits per heavy atom. The standard InChI is InChI=1S/C13H12N2O3S/c1-17-13(16)9-7-14-8-15-12(9)18-10-5-3-4-6-11(10)19-2/h3-8H,1-2H3. The van der Waals surface area contributed by atoms with Crippen LogP contribution in [0.3, 0.4) is 0 Å². The van der Waals surface area contributed by atoms with Gasteiger partial charge in [-0.2, -0.15) is 0 Å². The first-order valence-electron chi connectivity index (χ1n) is 5.45. The number of aromatic nitrogens is 2. The van der Waals surface area contributed by atoms with Gasteiger partial charge in [0.25, 0.3) is 0 Å². The molecule has 0 saturated heterocycles. The first kappa shape index (κ1) is 13.4. The molecule has 5 nitrogen and oxygen atoms in total. The SMILES string of the molecule is COC(=O)c1cncnc1Oc1ccccc1SC. The zero-order chi connectivity index (χ0) is 13.7. The molecule has 0 radical (unpaired) electrons. The van der Waals surface area contributed by atoms with E-state index < -0.39 is 5.97 Å². The van der Waals surface area contributed by atoms with Crippen molar-refractivity contribution < 1.29 is 14.3 Å². The van der Waals surface area contributed by atoms with E-state index in [0.29, 0.717) is 5.75 Å². The highest BCUT2D eigenvalue weighted by Crippen LogP contribution is 2.31. The number of nitrogens with zero attached hydrogens (tertiary/aromatic N) is 2. The van der Waals surface area contributed by atoms with Crippen LogP contribution in [-0.4, -0.2) is 29.3 Å². The minimum absolute atomic E-state index is 0.184. The lowest BCUT2D eigenvalue weighted by molar-refractivity contribution is 0.0596. The molecule has 2 aromatic rings. The first-order valence-corrected chi connectivity index (χ1v) is 6.68. The third-order valence-electron chi connectivity index (χ3n) is 2.36. The molecule has 0 aliphatic heterocycles. The molecule has 0 amide bonds. The summed E-state index contributed by atoms with van der Waals surface area (Å²) in [6, 6.07) is 7.52. The quantitative estimate of drug-likeness (QED) is 0.632. The van der Waals surface area contributed by atoms with Gasteiger partial charge < -0.3 is 9.47 Å². The van der Waals surface area contributed by atoms with Crippen LogP contribution < -0.4 is 4.74 Å².